The topological polar surface area (TPSA) is 123 Å². The lowest BCUT2D eigenvalue weighted by Crippen LogP contribution is -2.52. The van der Waals surface area contributed by atoms with Crippen LogP contribution >= 0.6 is 12.6 Å². The molecule has 1 atom stereocenters. The van der Waals surface area contributed by atoms with E-state index in [0.717, 1.165) is 12.0 Å². The Morgan fingerprint density at radius 3 is 2.19 bits per heavy atom. The maximum atomic E-state index is 14.9. The monoisotopic (exact) mass is 611 g/mol. The number of benzene rings is 1. The Bertz CT molecular complexity index is 1120. The van der Waals surface area contributed by atoms with E-state index in [1.165, 1.54) is 35.4 Å². The van der Waals surface area contributed by atoms with Crippen molar-refractivity contribution in [3.8, 4) is 0 Å². The Balaban J connectivity index is 0.000000856. The number of rotatable bonds is 8. The van der Waals surface area contributed by atoms with Gasteiger partial charge in [0.2, 0.25) is 0 Å². The summed E-state index contributed by atoms with van der Waals surface area (Å²) in [4.78, 5) is 26.5. The van der Waals surface area contributed by atoms with Gasteiger partial charge in [0.1, 0.15) is 11.6 Å². The molecule has 0 aromatic heterocycles. The Morgan fingerprint density at radius 1 is 1.21 bits per heavy atom. The third kappa shape index (κ3) is 12.6. The van der Waals surface area contributed by atoms with Crippen LogP contribution in [-0.4, -0.2) is 61.5 Å². The Morgan fingerprint density at radius 2 is 1.79 bits per heavy atom. The summed E-state index contributed by atoms with van der Waals surface area (Å²) in [7, 11) is 1.65. The number of ether oxygens (including phenoxy) is 2. The molecule has 0 bridgehead atoms. The first-order valence-electron chi connectivity index (χ1n) is 14.0. The van der Waals surface area contributed by atoms with Crippen molar-refractivity contribution in [3.63, 3.8) is 0 Å². The zero-order valence-electron chi connectivity index (χ0n) is 25.6. The molecule has 0 spiro atoms. The molecule has 2 amide bonds. The van der Waals surface area contributed by atoms with E-state index in [2.05, 4.69) is 45.3 Å². The minimum atomic E-state index is -1.80. The zero-order valence-corrected chi connectivity index (χ0v) is 26.5. The average molecular weight is 612 g/mol. The van der Waals surface area contributed by atoms with Crippen molar-refractivity contribution in [1.29, 1.82) is 0 Å². The SMILES string of the molecule is C/C(=C\N(C)c1cc(F)c(C2=CCN(C(=O)C3COC(N)(N)O3)CC2)c(F)c1)CNC(=O)S.C=C(C)CC.CCCC. The number of allylic oxidation sites excluding steroid dienone is 1. The van der Waals surface area contributed by atoms with Gasteiger partial charge in [-0.2, -0.15) is 0 Å². The third-order valence-corrected chi connectivity index (χ3v) is 6.53. The summed E-state index contributed by atoms with van der Waals surface area (Å²) in [6, 6.07) is 0.680. The van der Waals surface area contributed by atoms with Crippen LogP contribution in [-0.2, 0) is 14.3 Å². The van der Waals surface area contributed by atoms with Crippen molar-refractivity contribution in [1.82, 2.24) is 10.2 Å². The summed E-state index contributed by atoms with van der Waals surface area (Å²) in [6.45, 7) is 14.5. The summed E-state index contributed by atoms with van der Waals surface area (Å²) in [5.74, 6) is -1.76. The van der Waals surface area contributed by atoms with Crippen LogP contribution in [0.3, 0.4) is 0 Å². The molecule has 1 aromatic rings. The first-order chi connectivity index (χ1) is 19.6. The summed E-state index contributed by atoms with van der Waals surface area (Å²) >= 11 is 3.63. The molecule has 0 saturated carbocycles. The summed E-state index contributed by atoms with van der Waals surface area (Å²) < 4.78 is 40.0. The number of carbonyl (C=O) groups excluding carboxylic acids is 2. The number of anilines is 1. The van der Waals surface area contributed by atoms with E-state index in [9.17, 15) is 18.4 Å². The number of unbranched alkanes of at least 4 members (excludes halogenated alkanes) is 1. The van der Waals surface area contributed by atoms with E-state index in [0.29, 0.717) is 11.3 Å². The minimum absolute atomic E-state index is 0.0634. The molecular formula is C30H47F2N5O4S. The van der Waals surface area contributed by atoms with Gasteiger partial charge in [0.15, 0.2) is 6.10 Å². The highest BCUT2D eigenvalue weighted by Gasteiger charge is 2.40. The molecule has 3 rings (SSSR count). The summed E-state index contributed by atoms with van der Waals surface area (Å²) in [5, 5.41) is 2.06. The van der Waals surface area contributed by atoms with Crippen molar-refractivity contribution in [2.45, 2.75) is 72.4 Å². The highest BCUT2D eigenvalue weighted by Crippen LogP contribution is 2.31. The van der Waals surface area contributed by atoms with E-state index in [1.54, 1.807) is 31.1 Å². The van der Waals surface area contributed by atoms with Crippen LogP contribution in [0.1, 0.15) is 65.9 Å². The molecule has 1 fully saturated rings. The molecule has 0 radical (unpaired) electrons. The molecule has 1 unspecified atom stereocenters. The number of nitrogens with zero attached hydrogens (tertiary/aromatic N) is 2. The molecular weight excluding hydrogens is 564 g/mol. The van der Waals surface area contributed by atoms with Crippen molar-refractivity contribution >= 4 is 35.0 Å². The molecule has 236 valence electrons. The van der Waals surface area contributed by atoms with Gasteiger partial charge in [0, 0.05) is 44.1 Å². The number of nitrogens with one attached hydrogen (secondary N) is 1. The van der Waals surface area contributed by atoms with E-state index in [-0.39, 0.29) is 44.1 Å². The standard InChI is InChI=1S/C21H27F2N5O4S.C5H10.C4H10/c1-12(9-26-20(30)33)10-27(2)14-7-15(22)18(16(23)8-14)13-3-5-28(6-4-13)19(29)17-11-31-21(24,25)32-17;1-4-5(2)3;1-3-4-2/h3,7-8,10,17H,4-6,9,11,24-25H2,1-2H3,(H2,26,30,33);2,4H2,1,3H3;3-4H2,1-2H3/b12-10+;;. The fraction of sp³-hybridized carbons (Fsp3) is 0.533. The highest BCUT2D eigenvalue weighted by molar-refractivity contribution is 7.96. The van der Waals surface area contributed by atoms with Crippen LogP contribution in [0.15, 0.2) is 42.1 Å². The van der Waals surface area contributed by atoms with E-state index >= 15 is 0 Å². The molecule has 1 saturated heterocycles. The summed E-state index contributed by atoms with van der Waals surface area (Å²) in [5.41, 5.74) is 13.7. The number of hydrogen-bond acceptors (Lipinski definition) is 7. The van der Waals surface area contributed by atoms with Gasteiger partial charge in [0.05, 0.1) is 6.61 Å². The van der Waals surface area contributed by atoms with E-state index in [4.69, 9.17) is 20.9 Å². The third-order valence-electron chi connectivity index (χ3n) is 6.37. The highest BCUT2D eigenvalue weighted by atomic mass is 32.1. The Hall–Kier alpha value is -2.77. The predicted molar refractivity (Wildman–Crippen MR) is 168 cm³/mol. The predicted octanol–water partition coefficient (Wildman–Crippen LogP) is 5.28. The fourth-order valence-corrected chi connectivity index (χ4v) is 3.73. The van der Waals surface area contributed by atoms with Gasteiger partial charge in [-0.15, -0.1) is 6.58 Å². The van der Waals surface area contributed by atoms with Crippen molar-refractivity contribution < 1.29 is 27.8 Å². The van der Waals surface area contributed by atoms with Crippen LogP contribution < -0.4 is 21.7 Å². The first kappa shape index (κ1) is 37.3. The second kappa shape index (κ2) is 18.0. The van der Waals surface area contributed by atoms with Crippen molar-refractivity contribution in [3.05, 3.63) is 59.3 Å². The van der Waals surface area contributed by atoms with Crippen molar-refractivity contribution in [2.75, 3.05) is 38.2 Å². The number of halogens is 2. The zero-order chi connectivity index (χ0) is 32.0. The van der Waals surface area contributed by atoms with Gasteiger partial charge in [-0.05, 0) is 50.0 Å². The van der Waals surface area contributed by atoms with Crippen LogP contribution in [0.25, 0.3) is 5.57 Å². The minimum Gasteiger partial charge on any atom is -0.351 e. The number of thiol groups is 1. The van der Waals surface area contributed by atoms with E-state index < -0.39 is 29.0 Å². The largest absolute Gasteiger partial charge is 0.351 e. The van der Waals surface area contributed by atoms with Gasteiger partial charge in [-0.1, -0.05) is 57.9 Å². The maximum absolute atomic E-state index is 14.9. The van der Waals surface area contributed by atoms with E-state index in [1.807, 2.05) is 6.92 Å². The lowest BCUT2D eigenvalue weighted by Gasteiger charge is -2.29. The molecule has 9 nitrogen and oxygen atoms in total. The van der Waals surface area contributed by atoms with Gasteiger partial charge in [-0.25, -0.2) is 8.78 Å². The molecule has 2 aliphatic rings. The first-order valence-corrected chi connectivity index (χ1v) is 14.5. The molecule has 2 aliphatic heterocycles. The molecule has 12 heteroatoms. The average Bonchev–Trinajstić information content (AvgIpc) is 3.31. The van der Waals surface area contributed by atoms with Crippen molar-refractivity contribution in [2.24, 2.45) is 11.5 Å². The van der Waals surface area contributed by atoms with Gasteiger partial charge in [0.25, 0.3) is 17.2 Å². The Labute approximate surface area is 254 Å². The maximum Gasteiger partial charge on any atom is 0.287 e. The lowest BCUT2D eigenvalue weighted by molar-refractivity contribution is -0.170. The second-order valence-corrected chi connectivity index (χ2v) is 10.6. The molecule has 5 N–H and O–H groups in total. The second-order valence-electron chi connectivity index (χ2n) is 10.2. The summed E-state index contributed by atoms with van der Waals surface area (Å²) in [6.07, 6.45) is 6.37. The molecule has 1 aromatic carbocycles. The van der Waals surface area contributed by atoms with Gasteiger partial charge < -0.3 is 24.6 Å². The quantitative estimate of drug-likeness (QED) is 0.179. The lowest BCUT2D eigenvalue weighted by atomic mass is 9.97. The number of hydrogen-bond donors (Lipinski definition) is 4. The fourth-order valence-electron chi connectivity index (χ4n) is 3.65. The van der Waals surface area contributed by atoms with Crippen LogP contribution in [0.4, 0.5) is 19.3 Å². The van der Waals surface area contributed by atoms with Crippen LogP contribution in [0.2, 0.25) is 0 Å². The number of carbonyl (C=O) groups is 2. The molecule has 42 heavy (non-hydrogen) atoms. The molecule has 2 heterocycles. The van der Waals surface area contributed by atoms with Crippen LogP contribution in [0, 0.1) is 11.6 Å². The molecule has 0 aliphatic carbocycles. The normalized spacial score (nSPS) is 17.7. The number of amides is 2. The Kier molecular flexibility index (Phi) is 16.0. The smallest absolute Gasteiger partial charge is 0.287 e. The van der Waals surface area contributed by atoms with Gasteiger partial charge >= 0.3 is 0 Å². The number of nitrogens with two attached hydrogens (primary N) is 2. The van der Waals surface area contributed by atoms with Crippen LogP contribution in [0.5, 0.6) is 0 Å². The van der Waals surface area contributed by atoms with Gasteiger partial charge in [-0.3, -0.25) is 21.1 Å².